The number of sulfonamides is 1. The van der Waals surface area contributed by atoms with E-state index >= 15 is 0 Å². The van der Waals surface area contributed by atoms with Gasteiger partial charge in [-0.25, -0.2) is 8.42 Å². The van der Waals surface area contributed by atoms with Crippen LogP contribution < -0.4 is 5.73 Å². The van der Waals surface area contributed by atoms with Crippen LogP contribution in [0.25, 0.3) is 0 Å². The van der Waals surface area contributed by atoms with Crippen LogP contribution >= 0.6 is 0 Å². The molecule has 0 saturated carbocycles. The summed E-state index contributed by atoms with van der Waals surface area (Å²) in [5.41, 5.74) is 5.96. The molecule has 6 nitrogen and oxygen atoms in total. The molecule has 18 heavy (non-hydrogen) atoms. The number of rotatable bonds is 3. The molecule has 1 fully saturated rings. The molecule has 98 valence electrons. The molecule has 0 aromatic heterocycles. The summed E-state index contributed by atoms with van der Waals surface area (Å²) in [7, 11) is -3.75. The Morgan fingerprint density at radius 3 is 2.50 bits per heavy atom. The van der Waals surface area contributed by atoms with Crippen LogP contribution in [0.15, 0.2) is 29.2 Å². The summed E-state index contributed by atoms with van der Waals surface area (Å²) in [4.78, 5) is 11.1. The van der Waals surface area contributed by atoms with E-state index in [-0.39, 0.29) is 11.4 Å². The number of hydrogen-bond acceptors (Lipinski definition) is 4. The van der Waals surface area contributed by atoms with Crippen LogP contribution in [0.3, 0.4) is 0 Å². The monoisotopic (exact) mass is 270 g/mol. The fourth-order valence-electron chi connectivity index (χ4n) is 2.05. The van der Waals surface area contributed by atoms with Gasteiger partial charge in [0.25, 0.3) is 0 Å². The number of nitrogen functional groups attached to an aromatic ring is 1. The quantitative estimate of drug-likeness (QED) is 0.779. The number of carboxylic acids is 1. The number of carboxylic acid groups (broad SMARTS) is 1. The Bertz CT molecular complexity index is 553. The molecule has 0 amide bonds. The van der Waals surface area contributed by atoms with Crippen molar-refractivity contribution in [3.8, 4) is 0 Å². The topological polar surface area (TPSA) is 101 Å². The first-order valence-corrected chi connectivity index (χ1v) is 6.97. The predicted octanol–water partition coefficient (Wildman–Crippen LogP) is 0.506. The van der Waals surface area contributed by atoms with Crippen LogP contribution in [0.4, 0.5) is 5.69 Å². The second-order valence-corrected chi connectivity index (χ2v) is 6.07. The maximum atomic E-state index is 12.3. The van der Waals surface area contributed by atoms with E-state index in [2.05, 4.69) is 0 Å². The van der Waals surface area contributed by atoms with E-state index in [9.17, 15) is 13.2 Å². The first kappa shape index (κ1) is 12.8. The lowest BCUT2D eigenvalue weighted by atomic mass is 10.2. The molecule has 7 heteroatoms. The van der Waals surface area contributed by atoms with Crippen molar-refractivity contribution in [1.82, 2.24) is 4.31 Å². The molecule has 1 atom stereocenters. The van der Waals surface area contributed by atoms with E-state index in [1.54, 1.807) is 0 Å². The third kappa shape index (κ3) is 2.19. The van der Waals surface area contributed by atoms with Gasteiger partial charge in [-0.1, -0.05) is 0 Å². The minimum absolute atomic E-state index is 0.0739. The Balaban J connectivity index is 2.36. The third-order valence-electron chi connectivity index (χ3n) is 2.98. The van der Waals surface area contributed by atoms with Gasteiger partial charge in [0.05, 0.1) is 4.90 Å². The Kier molecular flexibility index (Phi) is 3.27. The molecular weight excluding hydrogens is 256 g/mol. The minimum atomic E-state index is -3.75. The van der Waals surface area contributed by atoms with Crippen molar-refractivity contribution in [3.63, 3.8) is 0 Å². The highest BCUT2D eigenvalue weighted by molar-refractivity contribution is 7.89. The molecular formula is C11H14N2O4S. The van der Waals surface area contributed by atoms with Crippen LogP contribution in [0.2, 0.25) is 0 Å². The van der Waals surface area contributed by atoms with E-state index < -0.39 is 22.0 Å². The smallest absolute Gasteiger partial charge is 0.322 e. The zero-order valence-corrected chi connectivity index (χ0v) is 10.4. The number of nitrogens with zero attached hydrogens (tertiary/aromatic N) is 1. The molecule has 0 aliphatic carbocycles. The molecule has 1 saturated heterocycles. The fourth-order valence-corrected chi connectivity index (χ4v) is 3.70. The Morgan fingerprint density at radius 2 is 1.94 bits per heavy atom. The summed E-state index contributed by atoms with van der Waals surface area (Å²) in [6.07, 6.45) is 0.911. The van der Waals surface area contributed by atoms with Crippen molar-refractivity contribution in [3.05, 3.63) is 24.3 Å². The Morgan fingerprint density at radius 1 is 1.33 bits per heavy atom. The minimum Gasteiger partial charge on any atom is -0.480 e. The van der Waals surface area contributed by atoms with Gasteiger partial charge in [-0.3, -0.25) is 4.79 Å². The van der Waals surface area contributed by atoms with Crippen LogP contribution in [-0.2, 0) is 14.8 Å². The lowest BCUT2D eigenvalue weighted by molar-refractivity contribution is -0.140. The number of hydrogen-bond donors (Lipinski definition) is 2. The van der Waals surface area contributed by atoms with E-state index in [0.29, 0.717) is 18.5 Å². The largest absolute Gasteiger partial charge is 0.480 e. The van der Waals surface area contributed by atoms with Gasteiger partial charge in [-0.15, -0.1) is 0 Å². The number of benzene rings is 1. The number of anilines is 1. The van der Waals surface area contributed by atoms with Crippen molar-refractivity contribution >= 4 is 21.7 Å². The van der Waals surface area contributed by atoms with Gasteiger partial charge >= 0.3 is 5.97 Å². The SMILES string of the molecule is Nc1ccc(S(=O)(=O)N2CCC[C@H]2C(=O)O)cc1. The van der Waals surface area contributed by atoms with E-state index in [0.717, 1.165) is 4.31 Å². The van der Waals surface area contributed by atoms with Gasteiger partial charge in [0.2, 0.25) is 10.0 Å². The highest BCUT2D eigenvalue weighted by atomic mass is 32.2. The van der Waals surface area contributed by atoms with Crippen molar-refractivity contribution in [2.45, 2.75) is 23.8 Å². The molecule has 1 aliphatic rings. The van der Waals surface area contributed by atoms with Crippen molar-refractivity contribution in [2.75, 3.05) is 12.3 Å². The average Bonchev–Trinajstić information content (AvgIpc) is 2.79. The van der Waals surface area contributed by atoms with Crippen LogP contribution in [0.1, 0.15) is 12.8 Å². The first-order chi connectivity index (χ1) is 8.43. The third-order valence-corrected chi connectivity index (χ3v) is 4.90. The molecule has 1 heterocycles. The summed E-state index contributed by atoms with van der Waals surface area (Å²) in [6.45, 7) is 0.240. The maximum Gasteiger partial charge on any atom is 0.322 e. The molecule has 3 N–H and O–H groups in total. The summed E-state index contributed by atoms with van der Waals surface area (Å²) in [5, 5.41) is 9.01. The predicted molar refractivity (Wildman–Crippen MR) is 65.4 cm³/mol. The van der Waals surface area contributed by atoms with Gasteiger partial charge in [-0.2, -0.15) is 4.31 Å². The second-order valence-electron chi connectivity index (χ2n) is 4.18. The molecule has 1 aliphatic heterocycles. The van der Waals surface area contributed by atoms with E-state index in [4.69, 9.17) is 10.8 Å². The van der Waals surface area contributed by atoms with E-state index in [1.807, 2.05) is 0 Å². The molecule has 0 radical (unpaired) electrons. The van der Waals surface area contributed by atoms with Crippen LogP contribution in [-0.4, -0.2) is 36.4 Å². The van der Waals surface area contributed by atoms with E-state index in [1.165, 1.54) is 24.3 Å². The summed E-state index contributed by atoms with van der Waals surface area (Å²) < 4.78 is 25.6. The van der Waals surface area contributed by atoms with Gasteiger partial charge in [-0.05, 0) is 37.1 Å². The standard InChI is InChI=1S/C11H14N2O4S/c12-8-3-5-9(6-4-8)18(16,17)13-7-1-2-10(13)11(14)15/h3-6,10H,1-2,7,12H2,(H,14,15)/t10-/m0/s1. The molecule has 0 spiro atoms. The molecule has 0 unspecified atom stereocenters. The summed E-state index contributed by atoms with van der Waals surface area (Å²) >= 11 is 0. The molecule has 2 rings (SSSR count). The summed E-state index contributed by atoms with van der Waals surface area (Å²) in [6, 6.07) is 4.79. The van der Waals surface area contributed by atoms with Crippen molar-refractivity contribution in [1.29, 1.82) is 0 Å². The lowest BCUT2D eigenvalue weighted by Gasteiger charge is -2.20. The Hall–Kier alpha value is -1.60. The number of carbonyl (C=O) groups is 1. The van der Waals surface area contributed by atoms with Gasteiger partial charge < -0.3 is 10.8 Å². The molecule has 0 bridgehead atoms. The van der Waals surface area contributed by atoms with Crippen molar-refractivity contribution in [2.24, 2.45) is 0 Å². The number of nitrogens with two attached hydrogens (primary N) is 1. The number of aliphatic carboxylic acids is 1. The normalized spacial score (nSPS) is 21.0. The fraction of sp³-hybridized carbons (Fsp3) is 0.364. The van der Waals surface area contributed by atoms with Gasteiger partial charge in [0, 0.05) is 12.2 Å². The highest BCUT2D eigenvalue weighted by Gasteiger charge is 2.39. The van der Waals surface area contributed by atoms with Crippen LogP contribution in [0, 0.1) is 0 Å². The Labute approximate surface area is 105 Å². The van der Waals surface area contributed by atoms with Gasteiger partial charge in [0.15, 0.2) is 0 Å². The lowest BCUT2D eigenvalue weighted by Crippen LogP contribution is -2.40. The highest BCUT2D eigenvalue weighted by Crippen LogP contribution is 2.26. The average molecular weight is 270 g/mol. The zero-order valence-electron chi connectivity index (χ0n) is 9.61. The first-order valence-electron chi connectivity index (χ1n) is 5.53. The van der Waals surface area contributed by atoms with Gasteiger partial charge in [0.1, 0.15) is 6.04 Å². The molecule has 1 aromatic carbocycles. The maximum absolute atomic E-state index is 12.3. The zero-order chi connectivity index (χ0) is 13.3. The van der Waals surface area contributed by atoms with Crippen LogP contribution in [0.5, 0.6) is 0 Å². The molecule has 1 aromatic rings. The van der Waals surface area contributed by atoms with Crippen molar-refractivity contribution < 1.29 is 18.3 Å². The second kappa shape index (κ2) is 4.58. The summed E-state index contributed by atoms with van der Waals surface area (Å²) in [5.74, 6) is -1.11.